The van der Waals surface area contributed by atoms with E-state index in [9.17, 15) is 0 Å². The molecule has 0 aliphatic rings. The Hall–Kier alpha value is -4.68. The van der Waals surface area contributed by atoms with Crippen molar-refractivity contribution in [2.75, 3.05) is 0 Å². The number of hydrogen-bond acceptors (Lipinski definition) is 0. The van der Waals surface area contributed by atoms with E-state index in [1.165, 1.54) is 76.1 Å². The molecule has 0 spiro atoms. The molecule has 8 rings (SSSR count). The molecule has 0 radical (unpaired) electrons. The molecule has 0 fully saturated rings. The molecule has 0 saturated heterocycles. The molecule has 36 heavy (non-hydrogen) atoms. The first-order valence-electron chi connectivity index (χ1n) is 12.5. The number of benzene rings is 8. The van der Waals surface area contributed by atoms with Crippen LogP contribution >= 0.6 is 0 Å². The predicted octanol–water partition coefficient (Wildman–Crippen LogP) is 10.2. The van der Waals surface area contributed by atoms with E-state index < -0.39 is 0 Å². The van der Waals surface area contributed by atoms with E-state index in [0.29, 0.717) is 0 Å². The standard InChI is InChI=1S/C36H22/c1-3-11-25(12-4-1)33-27-19-7-15-23-17-10-22-30(31(23)27)36-34(26-13-5-2-6-14-26)28-20-8-16-24-18-9-21-29(32(24)28)35(33)36/h1-22H. The van der Waals surface area contributed by atoms with Gasteiger partial charge in [0.15, 0.2) is 0 Å². The molecule has 0 aromatic heterocycles. The Labute approximate surface area is 209 Å². The summed E-state index contributed by atoms with van der Waals surface area (Å²) in [5.74, 6) is 0. The predicted molar refractivity (Wildman–Crippen MR) is 156 cm³/mol. The highest BCUT2D eigenvalue weighted by molar-refractivity contribution is 6.39. The van der Waals surface area contributed by atoms with Crippen molar-refractivity contribution in [1.82, 2.24) is 0 Å². The monoisotopic (exact) mass is 454 g/mol. The Morgan fingerprint density at radius 2 is 0.611 bits per heavy atom. The molecular weight excluding hydrogens is 432 g/mol. The third kappa shape index (κ3) is 2.59. The van der Waals surface area contributed by atoms with E-state index in [4.69, 9.17) is 0 Å². The second-order valence-electron chi connectivity index (χ2n) is 9.65. The molecule has 0 heteroatoms. The van der Waals surface area contributed by atoms with Crippen LogP contribution in [0.2, 0.25) is 0 Å². The summed E-state index contributed by atoms with van der Waals surface area (Å²) in [5.41, 5.74) is 5.17. The lowest BCUT2D eigenvalue weighted by atomic mass is 9.80. The molecule has 0 heterocycles. The van der Waals surface area contributed by atoms with Crippen molar-refractivity contribution in [2.45, 2.75) is 0 Å². The molecule has 0 N–H and O–H groups in total. The van der Waals surface area contributed by atoms with Gasteiger partial charge in [-0.25, -0.2) is 0 Å². The van der Waals surface area contributed by atoms with Crippen molar-refractivity contribution in [3.8, 4) is 22.3 Å². The summed E-state index contributed by atoms with van der Waals surface area (Å²) in [4.78, 5) is 0. The van der Waals surface area contributed by atoms with Crippen molar-refractivity contribution in [2.24, 2.45) is 0 Å². The zero-order valence-electron chi connectivity index (χ0n) is 19.7. The van der Waals surface area contributed by atoms with Crippen molar-refractivity contribution < 1.29 is 0 Å². The summed E-state index contributed by atoms with van der Waals surface area (Å²) < 4.78 is 0. The molecule has 0 nitrogen and oxygen atoms in total. The topological polar surface area (TPSA) is 0 Å². The zero-order valence-corrected chi connectivity index (χ0v) is 19.7. The van der Waals surface area contributed by atoms with Crippen LogP contribution < -0.4 is 0 Å². The summed E-state index contributed by atoms with van der Waals surface area (Å²) in [6.45, 7) is 0. The van der Waals surface area contributed by atoms with E-state index >= 15 is 0 Å². The number of hydrogen-bond donors (Lipinski definition) is 0. The molecule has 0 bridgehead atoms. The van der Waals surface area contributed by atoms with Crippen molar-refractivity contribution in [1.29, 1.82) is 0 Å². The van der Waals surface area contributed by atoms with Gasteiger partial charge in [0, 0.05) is 0 Å². The van der Waals surface area contributed by atoms with Gasteiger partial charge in [-0.3, -0.25) is 0 Å². The first kappa shape index (κ1) is 19.6. The molecule has 166 valence electrons. The van der Waals surface area contributed by atoms with Crippen LogP contribution in [0, 0.1) is 0 Å². The van der Waals surface area contributed by atoms with E-state index in [1.54, 1.807) is 0 Å². The maximum atomic E-state index is 2.32. The highest BCUT2D eigenvalue weighted by Gasteiger charge is 2.22. The smallest absolute Gasteiger partial charge is 0.000741 e. The minimum absolute atomic E-state index is 1.26. The van der Waals surface area contributed by atoms with Crippen LogP contribution in [0.3, 0.4) is 0 Å². The molecule has 8 aromatic carbocycles. The summed E-state index contributed by atoms with van der Waals surface area (Å²) in [6, 6.07) is 48.9. The molecule has 0 atom stereocenters. The summed E-state index contributed by atoms with van der Waals surface area (Å²) in [7, 11) is 0. The van der Waals surface area contributed by atoms with Crippen LogP contribution in [0.25, 0.3) is 76.1 Å². The van der Waals surface area contributed by atoms with Crippen LogP contribution in [-0.2, 0) is 0 Å². The lowest BCUT2D eigenvalue weighted by Gasteiger charge is -2.22. The van der Waals surface area contributed by atoms with Crippen molar-refractivity contribution in [3.05, 3.63) is 133 Å². The molecule has 0 unspecified atom stereocenters. The minimum atomic E-state index is 1.26. The highest BCUT2D eigenvalue weighted by atomic mass is 14.2. The Morgan fingerprint density at radius 3 is 1.00 bits per heavy atom. The normalized spacial score (nSPS) is 11.9. The van der Waals surface area contributed by atoms with Crippen LogP contribution in [0.5, 0.6) is 0 Å². The molecule has 0 amide bonds. The average molecular weight is 455 g/mol. The summed E-state index contributed by atoms with van der Waals surface area (Å²) in [6.07, 6.45) is 0. The zero-order chi connectivity index (χ0) is 23.6. The largest absolute Gasteiger partial charge is 0.0622 e. The number of fused-ring (bicyclic) bond motifs is 3. The van der Waals surface area contributed by atoms with Gasteiger partial charge in [-0.1, -0.05) is 133 Å². The van der Waals surface area contributed by atoms with Gasteiger partial charge in [-0.05, 0) is 76.1 Å². The van der Waals surface area contributed by atoms with Crippen LogP contribution in [0.1, 0.15) is 0 Å². The lowest BCUT2D eigenvalue weighted by Crippen LogP contribution is -1.94. The van der Waals surface area contributed by atoms with Gasteiger partial charge in [0.2, 0.25) is 0 Å². The van der Waals surface area contributed by atoms with E-state index in [1.807, 2.05) is 0 Å². The third-order valence-electron chi connectivity index (χ3n) is 7.76. The van der Waals surface area contributed by atoms with Gasteiger partial charge in [0.1, 0.15) is 0 Å². The van der Waals surface area contributed by atoms with Gasteiger partial charge in [0.25, 0.3) is 0 Å². The van der Waals surface area contributed by atoms with Gasteiger partial charge < -0.3 is 0 Å². The van der Waals surface area contributed by atoms with Crippen molar-refractivity contribution in [3.63, 3.8) is 0 Å². The molecule has 0 aliphatic heterocycles. The Kier molecular flexibility index (Phi) is 4.03. The quantitative estimate of drug-likeness (QED) is 0.180. The maximum Gasteiger partial charge on any atom is -0.000741 e. The van der Waals surface area contributed by atoms with Gasteiger partial charge in [0.05, 0.1) is 0 Å². The van der Waals surface area contributed by atoms with Gasteiger partial charge >= 0.3 is 0 Å². The fraction of sp³-hybridized carbons (Fsp3) is 0. The summed E-state index contributed by atoms with van der Waals surface area (Å²) in [5, 5.41) is 13.2. The molecule has 0 aliphatic carbocycles. The Morgan fingerprint density at radius 1 is 0.250 bits per heavy atom. The van der Waals surface area contributed by atoms with E-state index in [-0.39, 0.29) is 0 Å². The lowest BCUT2D eigenvalue weighted by molar-refractivity contribution is 1.67. The molecule has 0 saturated carbocycles. The summed E-state index contributed by atoms with van der Waals surface area (Å²) >= 11 is 0. The first-order valence-corrected chi connectivity index (χ1v) is 12.5. The van der Waals surface area contributed by atoms with Crippen LogP contribution in [0.15, 0.2) is 133 Å². The van der Waals surface area contributed by atoms with Gasteiger partial charge in [-0.2, -0.15) is 0 Å². The fourth-order valence-corrected chi connectivity index (χ4v) is 6.38. The van der Waals surface area contributed by atoms with E-state index in [0.717, 1.165) is 0 Å². The molecule has 8 aromatic rings. The fourth-order valence-electron chi connectivity index (χ4n) is 6.38. The van der Waals surface area contributed by atoms with Crippen LogP contribution in [0.4, 0.5) is 0 Å². The third-order valence-corrected chi connectivity index (χ3v) is 7.76. The molecular formula is C36H22. The Bertz CT molecular complexity index is 1900. The van der Waals surface area contributed by atoms with Gasteiger partial charge in [-0.15, -0.1) is 0 Å². The number of rotatable bonds is 2. The average Bonchev–Trinajstić information content (AvgIpc) is 2.95. The highest BCUT2D eigenvalue weighted by Crippen LogP contribution is 2.50. The first-order chi connectivity index (χ1) is 17.9. The van der Waals surface area contributed by atoms with Crippen LogP contribution in [-0.4, -0.2) is 0 Å². The second-order valence-corrected chi connectivity index (χ2v) is 9.65. The van der Waals surface area contributed by atoms with E-state index in [2.05, 4.69) is 133 Å². The Balaban J connectivity index is 1.80. The second kappa shape index (κ2) is 7.41. The minimum Gasteiger partial charge on any atom is -0.0622 e. The SMILES string of the molecule is c1ccc(-c2c3cccc4cccc(c5c(-c6ccccc6)c6cccc7cccc(c25)c76)c43)cc1. The van der Waals surface area contributed by atoms with Crippen molar-refractivity contribution >= 4 is 53.9 Å². The maximum absolute atomic E-state index is 2.32.